The average molecular weight is 307 g/mol. The van der Waals surface area contributed by atoms with E-state index in [4.69, 9.17) is 16.3 Å². The molecule has 1 saturated heterocycles. The summed E-state index contributed by atoms with van der Waals surface area (Å²) in [7, 11) is 0. The molecule has 1 N–H and O–H groups in total. The zero-order valence-corrected chi connectivity index (χ0v) is 12.9. The van der Waals surface area contributed by atoms with E-state index >= 15 is 0 Å². The molecule has 1 fully saturated rings. The molecule has 0 saturated carbocycles. The molecule has 112 valence electrons. The summed E-state index contributed by atoms with van der Waals surface area (Å²) in [6, 6.07) is 6.11. The maximum atomic E-state index is 6.14. The smallest absolute Gasteiger partial charge is 0.138 e. The van der Waals surface area contributed by atoms with Crippen LogP contribution in [-0.4, -0.2) is 33.0 Å². The Morgan fingerprint density at radius 3 is 2.71 bits per heavy atom. The molecule has 6 heteroatoms. The lowest BCUT2D eigenvalue weighted by Crippen LogP contribution is -2.37. The van der Waals surface area contributed by atoms with Crippen molar-refractivity contribution >= 4 is 17.3 Å². The molecule has 1 aromatic carbocycles. The van der Waals surface area contributed by atoms with Crippen LogP contribution in [0.2, 0.25) is 5.02 Å². The van der Waals surface area contributed by atoms with Gasteiger partial charge in [-0.25, -0.2) is 9.67 Å². The maximum absolute atomic E-state index is 6.14. The molecule has 0 radical (unpaired) electrons. The van der Waals surface area contributed by atoms with Gasteiger partial charge >= 0.3 is 0 Å². The van der Waals surface area contributed by atoms with Gasteiger partial charge in [0.05, 0.1) is 23.6 Å². The van der Waals surface area contributed by atoms with Crippen LogP contribution in [0.15, 0.2) is 30.9 Å². The first kappa shape index (κ1) is 14.4. The van der Waals surface area contributed by atoms with Crippen molar-refractivity contribution in [3.05, 3.63) is 35.9 Å². The van der Waals surface area contributed by atoms with Crippen LogP contribution in [0.3, 0.4) is 0 Å². The second kappa shape index (κ2) is 6.03. The molecule has 0 aliphatic carbocycles. The topological polar surface area (TPSA) is 52.0 Å². The number of aromatic nitrogens is 3. The number of ether oxygens (including phenoxy) is 1. The van der Waals surface area contributed by atoms with Gasteiger partial charge in [0.1, 0.15) is 12.7 Å². The number of nitrogens with zero attached hydrogens (tertiary/aromatic N) is 3. The highest BCUT2D eigenvalue weighted by Crippen LogP contribution is 2.28. The largest absolute Gasteiger partial charge is 0.380 e. The van der Waals surface area contributed by atoms with Gasteiger partial charge in [-0.15, -0.1) is 0 Å². The van der Waals surface area contributed by atoms with Crippen molar-refractivity contribution in [3.8, 4) is 5.69 Å². The molecule has 2 unspecified atom stereocenters. The Bertz CT molecular complexity index is 592. The van der Waals surface area contributed by atoms with E-state index in [9.17, 15) is 0 Å². The molecule has 2 heterocycles. The second-order valence-electron chi connectivity index (χ2n) is 5.57. The van der Waals surface area contributed by atoms with Crippen molar-refractivity contribution in [3.63, 3.8) is 0 Å². The molecular weight excluding hydrogens is 288 g/mol. The fourth-order valence-electron chi connectivity index (χ4n) is 2.90. The molecule has 2 atom stereocenters. The molecule has 1 aromatic heterocycles. The summed E-state index contributed by atoms with van der Waals surface area (Å²) in [5.41, 5.74) is 1.92. The van der Waals surface area contributed by atoms with Gasteiger partial charge in [0, 0.05) is 11.1 Å². The standard InChI is InChI=1S/C15H19ClN4O/c1-10-5-13(6-11(2)21-10)19-14-7-12(16)3-4-15(14)20-9-17-8-18-20/h3-4,7-11,13,19H,5-6H2,1-2H3. The van der Waals surface area contributed by atoms with Gasteiger partial charge in [-0.3, -0.25) is 0 Å². The van der Waals surface area contributed by atoms with E-state index in [1.165, 1.54) is 6.33 Å². The van der Waals surface area contributed by atoms with Crippen LogP contribution in [0, 0.1) is 0 Å². The number of rotatable bonds is 3. The summed E-state index contributed by atoms with van der Waals surface area (Å²) >= 11 is 6.14. The molecule has 3 rings (SSSR count). The number of anilines is 1. The first-order valence-electron chi connectivity index (χ1n) is 7.18. The molecular formula is C15H19ClN4O. The first-order chi connectivity index (χ1) is 10.1. The highest BCUT2D eigenvalue weighted by Gasteiger charge is 2.25. The number of hydrogen-bond acceptors (Lipinski definition) is 4. The molecule has 0 amide bonds. The van der Waals surface area contributed by atoms with Gasteiger partial charge in [0.15, 0.2) is 0 Å². The van der Waals surface area contributed by atoms with E-state index in [-0.39, 0.29) is 12.2 Å². The molecule has 21 heavy (non-hydrogen) atoms. The molecule has 0 spiro atoms. The van der Waals surface area contributed by atoms with E-state index in [0.29, 0.717) is 11.1 Å². The van der Waals surface area contributed by atoms with Crippen molar-refractivity contribution in [1.82, 2.24) is 14.8 Å². The number of nitrogens with one attached hydrogen (secondary N) is 1. The minimum absolute atomic E-state index is 0.264. The van der Waals surface area contributed by atoms with E-state index in [0.717, 1.165) is 24.2 Å². The Morgan fingerprint density at radius 2 is 2.05 bits per heavy atom. The van der Waals surface area contributed by atoms with Gasteiger partial charge < -0.3 is 10.1 Å². The van der Waals surface area contributed by atoms with Gasteiger partial charge in [0.25, 0.3) is 0 Å². The lowest BCUT2D eigenvalue weighted by atomic mass is 9.99. The number of hydrogen-bond donors (Lipinski definition) is 1. The van der Waals surface area contributed by atoms with Crippen molar-refractivity contribution in [1.29, 1.82) is 0 Å². The third-order valence-electron chi connectivity index (χ3n) is 3.68. The van der Waals surface area contributed by atoms with Crippen molar-refractivity contribution in [2.45, 2.75) is 44.9 Å². The SMILES string of the molecule is CC1CC(Nc2cc(Cl)ccc2-n2cncn2)CC(C)O1. The average Bonchev–Trinajstić information content (AvgIpc) is 2.91. The summed E-state index contributed by atoms with van der Waals surface area (Å²) in [6.07, 6.45) is 5.70. The van der Waals surface area contributed by atoms with Crippen LogP contribution in [0.5, 0.6) is 0 Å². The quantitative estimate of drug-likeness (QED) is 0.945. The monoisotopic (exact) mass is 306 g/mol. The van der Waals surface area contributed by atoms with Gasteiger partial charge in [-0.2, -0.15) is 5.10 Å². The molecule has 1 aliphatic heterocycles. The van der Waals surface area contributed by atoms with E-state index in [1.807, 2.05) is 18.2 Å². The lowest BCUT2D eigenvalue weighted by Gasteiger charge is -2.33. The third-order valence-corrected chi connectivity index (χ3v) is 3.92. The summed E-state index contributed by atoms with van der Waals surface area (Å²) < 4.78 is 7.53. The number of halogens is 1. The normalized spacial score (nSPS) is 25.8. The highest BCUT2D eigenvalue weighted by molar-refractivity contribution is 6.31. The summed E-state index contributed by atoms with van der Waals surface area (Å²) in [5.74, 6) is 0. The summed E-state index contributed by atoms with van der Waals surface area (Å²) in [5, 5.41) is 8.49. The van der Waals surface area contributed by atoms with Crippen LogP contribution in [0.4, 0.5) is 5.69 Å². The van der Waals surface area contributed by atoms with E-state index in [2.05, 4.69) is 29.2 Å². The summed E-state index contributed by atoms with van der Waals surface area (Å²) in [6.45, 7) is 4.22. The van der Waals surface area contributed by atoms with Crippen LogP contribution in [-0.2, 0) is 4.74 Å². The zero-order valence-electron chi connectivity index (χ0n) is 12.2. The Morgan fingerprint density at radius 1 is 1.29 bits per heavy atom. The Balaban J connectivity index is 1.86. The van der Waals surface area contributed by atoms with Crippen molar-refractivity contribution in [2.75, 3.05) is 5.32 Å². The Labute approximate surface area is 129 Å². The fraction of sp³-hybridized carbons (Fsp3) is 0.467. The fourth-order valence-corrected chi connectivity index (χ4v) is 3.07. The number of benzene rings is 1. The molecule has 2 aromatic rings. The predicted molar refractivity (Wildman–Crippen MR) is 83.0 cm³/mol. The Hall–Kier alpha value is -1.59. The minimum atomic E-state index is 0.264. The highest BCUT2D eigenvalue weighted by atomic mass is 35.5. The lowest BCUT2D eigenvalue weighted by molar-refractivity contribution is -0.0337. The molecule has 1 aliphatic rings. The maximum Gasteiger partial charge on any atom is 0.138 e. The van der Waals surface area contributed by atoms with E-state index < -0.39 is 0 Å². The molecule has 5 nitrogen and oxygen atoms in total. The Kier molecular flexibility index (Phi) is 4.12. The van der Waals surface area contributed by atoms with Gasteiger partial charge in [-0.1, -0.05) is 11.6 Å². The predicted octanol–water partition coefficient (Wildman–Crippen LogP) is 3.29. The van der Waals surface area contributed by atoms with Gasteiger partial charge in [-0.05, 0) is 44.9 Å². The van der Waals surface area contributed by atoms with Crippen LogP contribution in [0.1, 0.15) is 26.7 Å². The van der Waals surface area contributed by atoms with E-state index in [1.54, 1.807) is 11.0 Å². The molecule has 0 bridgehead atoms. The second-order valence-corrected chi connectivity index (χ2v) is 6.01. The van der Waals surface area contributed by atoms with Crippen LogP contribution < -0.4 is 5.32 Å². The van der Waals surface area contributed by atoms with Crippen molar-refractivity contribution in [2.24, 2.45) is 0 Å². The minimum Gasteiger partial charge on any atom is -0.380 e. The van der Waals surface area contributed by atoms with Crippen molar-refractivity contribution < 1.29 is 4.74 Å². The zero-order chi connectivity index (χ0) is 14.8. The van der Waals surface area contributed by atoms with Crippen LogP contribution in [0.25, 0.3) is 5.69 Å². The van der Waals surface area contributed by atoms with Crippen LogP contribution >= 0.6 is 11.6 Å². The van der Waals surface area contributed by atoms with Gasteiger partial charge in [0.2, 0.25) is 0 Å². The summed E-state index contributed by atoms with van der Waals surface area (Å²) in [4.78, 5) is 4.00. The third kappa shape index (κ3) is 3.36. The first-order valence-corrected chi connectivity index (χ1v) is 7.56.